The third-order valence-electron chi connectivity index (χ3n) is 3.48. The maximum atomic E-state index is 12.6. The summed E-state index contributed by atoms with van der Waals surface area (Å²) in [6.07, 6.45) is -1.52. The summed E-state index contributed by atoms with van der Waals surface area (Å²) in [5, 5.41) is 5.15. The molecule has 1 saturated carbocycles. The lowest BCUT2D eigenvalue weighted by atomic mass is 9.85. The van der Waals surface area contributed by atoms with Crippen molar-refractivity contribution in [2.75, 3.05) is 0 Å². The van der Waals surface area contributed by atoms with E-state index in [1.165, 1.54) is 6.26 Å². The van der Waals surface area contributed by atoms with Crippen molar-refractivity contribution >= 4 is 6.03 Å². The van der Waals surface area contributed by atoms with Crippen molar-refractivity contribution in [1.29, 1.82) is 0 Å². The van der Waals surface area contributed by atoms with Crippen LogP contribution in [0.2, 0.25) is 0 Å². The van der Waals surface area contributed by atoms with Crippen LogP contribution in [-0.2, 0) is 6.54 Å². The van der Waals surface area contributed by atoms with E-state index in [-0.39, 0.29) is 19.4 Å². The van der Waals surface area contributed by atoms with Gasteiger partial charge in [-0.2, -0.15) is 13.2 Å². The first-order valence-electron chi connectivity index (χ1n) is 6.58. The first kappa shape index (κ1) is 14.7. The molecule has 1 fully saturated rings. The summed E-state index contributed by atoms with van der Waals surface area (Å²) >= 11 is 0. The van der Waals surface area contributed by atoms with Crippen molar-refractivity contribution in [3.8, 4) is 0 Å². The van der Waals surface area contributed by atoms with Crippen LogP contribution in [0.3, 0.4) is 0 Å². The van der Waals surface area contributed by atoms with Gasteiger partial charge in [0.05, 0.1) is 18.7 Å². The van der Waals surface area contributed by atoms with Gasteiger partial charge in [0, 0.05) is 6.04 Å². The monoisotopic (exact) mass is 290 g/mol. The number of carbonyl (C=O) groups is 1. The molecule has 0 radical (unpaired) electrons. The summed E-state index contributed by atoms with van der Waals surface area (Å²) in [6, 6.07) is 2.52. The molecule has 1 aromatic heterocycles. The van der Waals surface area contributed by atoms with Gasteiger partial charge in [0.15, 0.2) is 0 Å². The van der Waals surface area contributed by atoms with Crippen molar-refractivity contribution in [3.63, 3.8) is 0 Å². The maximum absolute atomic E-state index is 12.6. The normalized spacial score (nSPS) is 23.4. The molecule has 20 heavy (non-hydrogen) atoms. The number of hydrogen-bond donors (Lipinski definition) is 2. The Bertz CT molecular complexity index is 431. The molecule has 2 amide bonds. The first-order valence-corrected chi connectivity index (χ1v) is 6.58. The summed E-state index contributed by atoms with van der Waals surface area (Å²) in [5.41, 5.74) is 0. The largest absolute Gasteiger partial charge is 0.467 e. The van der Waals surface area contributed by atoms with E-state index in [1.54, 1.807) is 12.1 Å². The highest BCUT2D eigenvalue weighted by molar-refractivity contribution is 5.74. The summed E-state index contributed by atoms with van der Waals surface area (Å²) in [4.78, 5) is 11.6. The van der Waals surface area contributed by atoms with Crippen molar-refractivity contribution < 1.29 is 22.4 Å². The third kappa shape index (κ3) is 4.18. The van der Waals surface area contributed by atoms with Crippen LogP contribution in [0.15, 0.2) is 22.8 Å². The van der Waals surface area contributed by atoms with Gasteiger partial charge in [-0.3, -0.25) is 0 Å². The van der Waals surface area contributed by atoms with Gasteiger partial charge in [-0.1, -0.05) is 6.42 Å². The first-order chi connectivity index (χ1) is 9.45. The van der Waals surface area contributed by atoms with Crippen LogP contribution >= 0.6 is 0 Å². The summed E-state index contributed by atoms with van der Waals surface area (Å²) in [7, 11) is 0. The van der Waals surface area contributed by atoms with Crippen LogP contribution in [0, 0.1) is 5.92 Å². The van der Waals surface area contributed by atoms with Gasteiger partial charge in [-0.05, 0) is 31.4 Å². The number of carbonyl (C=O) groups excluding carboxylic acids is 1. The number of rotatable bonds is 3. The second kappa shape index (κ2) is 6.19. The van der Waals surface area contributed by atoms with Gasteiger partial charge >= 0.3 is 12.2 Å². The van der Waals surface area contributed by atoms with E-state index in [9.17, 15) is 18.0 Å². The Labute approximate surface area is 114 Å². The minimum atomic E-state index is -4.18. The summed E-state index contributed by atoms with van der Waals surface area (Å²) < 4.78 is 43.0. The van der Waals surface area contributed by atoms with Crippen LogP contribution < -0.4 is 10.6 Å². The molecule has 0 spiro atoms. The van der Waals surface area contributed by atoms with Crippen molar-refractivity contribution in [2.24, 2.45) is 5.92 Å². The molecule has 0 unspecified atom stereocenters. The zero-order valence-electron chi connectivity index (χ0n) is 10.9. The molecular weight excluding hydrogens is 273 g/mol. The maximum Gasteiger partial charge on any atom is 0.391 e. The molecule has 1 aliphatic carbocycles. The van der Waals surface area contributed by atoms with Crippen LogP contribution in [0.4, 0.5) is 18.0 Å². The van der Waals surface area contributed by atoms with Gasteiger partial charge in [0.2, 0.25) is 0 Å². The molecule has 1 aliphatic rings. The van der Waals surface area contributed by atoms with E-state index < -0.39 is 24.2 Å². The van der Waals surface area contributed by atoms with Gasteiger partial charge < -0.3 is 15.1 Å². The number of amides is 2. The Morgan fingerprint density at radius 3 is 2.85 bits per heavy atom. The van der Waals surface area contributed by atoms with E-state index >= 15 is 0 Å². The molecule has 1 heterocycles. The van der Waals surface area contributed by atoms with E-state index in [4.69, 9.17) is 4.42 Å². The number of hydrogen-bond acceptors (Lipinski definition) is 2. The molecule has 0 saturated heterocycles. The topological polar surface area (TPSA) is 54.3 Å². The Hall–Kier alpha value is -1.66. The predicted octanol–water partition coefficient (Wildman–Crippen LogP) is 3.20. The van der Waals surface area contributed by atoms with Gasteiger partial charge in [-0.15, -0.1) is 0 Å². The third-order valence-corrected chi connectivity index (χ3v) is 3.48. The molecule has 7 heteroatoms. The van der Waals surface area contributed by atoms with Crippen LogP contribution in [-0.4, -0.2) is 18.2 Å². The zero-order valence-corrected chi connectivity index (χ0v) is 10.9. The minimum absolute atomic E-state index is 0.0440. The lowest BCUT2D eigenvalue weighted by Gasteiger charge is -2.30. The van der Waals surface area contributed by atoms with Crippen LogP contribution in [0.5, 0.6) is 0 Å². The Morgan fingerprint density at radius 1 is 1.40 bits per heavy atom. The molecule has 4 nitrogen and oxygen atoms in total. The molecule has 1 aromatic rings. The van der Waals surface area contributed by atoms with Crippen LogP contribution in [0.1, 0.15) is 31.4 Å². The second-order valence-corrected chi connectivity index (χ2v) is 5.01. The number of alkyl halides is 3. The molecule has 0 aromatic carbocycles. The summed E-state index contributed by atoms with van der Waals surface area (Å²) in [6.45, 7) is 0.217. The number of furan rings is 1. The van der Waals surface area contributed by atoms with Gasteiger partial charge in [0.1, 0.15) is 5.76 Å². The number of urea groups is 1. The van der Waals surface area contributed by atoms with Crippen molar-refractivity contribution in [1.82, 2.24) is 10.6 Å². The number of halogens is 3. The van der Waals surface area contributed by atoms with Gasteiger partial charge in [0.25, 0.3) is 0 Å². The average molecular weight is 290 g/mol. The fourth-order valence-electron chi connectivity index (χ4n) is 2.44. The van der Waals surface area contributed by atoms with E-state index in [0.717, 1.165) is 0 Å². The minimum Gasteiger partial charge on any atom is -0.467 e. The summed E-state index contributed by atoms with van der Waals surface area (Å²) in [5.74, 6) is -0.719. The lowest BCUT2D eigenvalue weighted by molar-refractivity contribution is -0.183. The highest BCUT2D eigenvalue weighted by Gasteiger charge is 2.42. The van der Waals surface area contributed by atoms with Crippen LogP contribution in [0.25, 0.3) is 0 Å². The molecule has 112 valence electrons. The SMILES string of the molecule is O=C(NCc1ccco1)N[C@@H]1CCC[C@H](C(F)(F)F)C1. The zero-order chi connectivity index (χ0) is 14.6. The van der Waals surface area contributed by atoms with E-state index in [2.05, 4.69) is 10.6 Å². The molecule has 2 atom stereocenters. The highest BCUT2D eigenvalue weighted by Crippen LogP contribution is 2.37. The number of nitrogens with one attached hydrogen (secondary N) is 2. The fraction of sp³-hybridized carbons (Fsp3) is 0.615. The molecule has 0 aliphatic heterocycles. The van der Waals surface area contributed by atoms with Gasteiger partial charge in [-0.25, -0.2) is 4.79 Å². The smallest absolute Gasteiger partial charge is 0.391 e. The Morgan fingerprint density at radius 2 is 2.20 bits per heavy atom. The highest BCUT2D eigenvalue weighted by atomic mass is 19.4. The fourth-order valence-corrected chi connectivity index (χ4v) is 2.44. The van der Waals surface area contributed by atoms with Crippen molar-refractivity contribution in [2.45, 2.75) is 44.4 Å². The molecule has 2 N–H and O–H groups in total. The molecular formula is C13H17F3N2O2. The average Bonchev–Trinajstić information content (AvgIpc) is 2.89. The molecule has 0 bridgehead atoms. The standard InChI is InChI=1S/C13H17F3N2O2/c14-13(15,16)9-3-1-4-10(7-9)18-12(19)17-8-11-5-2-6-20-11/h2,5-6,9-10H,1,3-4,7-8H2,(H2,17,18,19)/t9-,10+/m0/s1. The molecule has 2 rings (SSSR count). The van der Waals surface area contributed by atoms with Crippen molar-refractivity contribution in [3.05, 3.63) is 24.2 Å². The second-order valence-electron chi connectivity index (χ2n) is 5.01. The Balaban J connectivity index is 1.76. The van der Waals surface area contributed by atoms with E-state index in [1.807, 2.05) is 0 Å². The van der Waals surface area contributed by atoms with E-state index in [0.29, 0.717) is 18.6 Å². The lowest BCUT2D eigenvalue weighted by Crippen LogP contribution is -2.45. The predicted molar refractivity (Wildman–Crippen MR) is 65.9 cm³/mol. The Kier molecular flexibility index (Phi) is 4.57. The quantitative estimate of drug-likeness (QED) is 0.898.